The second-order valence-corrected chi connectivity index (χ2v) is 4.32. The molecule has 0 aliphatic carbocycles. The summed E-state index contributed by atoms with van der Waals surface area (Å²) in [6.45, 7) is 6.49. The van der Waals surface area contributed by atoms with Crippen LogP contribution < -0.4 is 10.1 Å². The van der Waals surface area contributed by atoms with Gasteiger partial charge in [0.2, 0.25) is 6.41 Å². The smallest absolute Gasteiger partial charge is 0.207 e. The SMILES string of the molecule is CC(C)(C)Oc1ccccc1CNC=O. The Hall–Kier alpha value is -1.51. The maximum atomic E-state index is 10.2. The van der Waals surface area contributed by atoms with Crippen molar-refractivity contribution >= 4 is 6.41 Å². The third-order valence-electron chi connectivity index (χ3n) is 1.76. The Morgan fingerprint density at radius 1 is 1.33 bits per heavy atom. The average Bonchev–Trinajstić information content (AvgIpc) is 2.14. The van der Waals surface area contributed by atoms with Crippen molar-refractivity contribution in [1.82, 2.24) is 5.32 Å². The fraction of sp³-hybridized carbons (Fsp3) is 0.417. The molecule has 1 N–H and O–H groups in total. The van der Waals surface area contributed by atoms with E-state index in [1.807, 2.05) is 45.0 Å². The fourth-order valence-corrected chi connectivity index (χ4v) is 1.23. The van der Waals surface area contributed by atoms with Crippen molar-refractivity contribution in [2.45, 2.75) is 32.9 Å². The van der Waals surface area contributed by atoms with Gasteiger partial charge < -0.3 is 10.1 Å². The second-order valence-electron chi connectivity index (χ2n) is 4.32. The van der Waals surface area contributed by atoms with Gasteiger partial charge in [0, 0.05) is 12.1 Å². The highest BCUT2D eigenvalue weighted by Gasteiger charge is 2.13. The molecule has 0 fully saturated rings. The number of nitrogens with one attached hydrogen (secondary N) is 1. The number of rotatable bonds is 4. The molecule has 0 aliphatic rings. The molecule has 1 aromatic carbocycles. The molecule has 3 nitrogen and oxygen atoms in total. The molecule has 0 unspecified atom stereocenters. The van der Waals surface area contributed by atoms with Crippen LogP contribution in [0.5, 0.6) is 5.75 Å². The van der Waals surface area contributed by atoms with E-state index in [0.717, 1.165) is 11.3 Å². The normalized spacial score (nSPS) is 10.9. The number of benzene rings is 1. The van der Waals surface area contributed by atoms with E-state index in [0.29, 0.717) is 13.0 Å². The highest BCUT2D eigenvalue weighted by molar-refractivity contribution is 5.47. The Labute approximate surface area is 90.4 Å². The van der Waals surface area contributed by atoms with Gasteiger partial charge in [0.05, 0.1) is 0 Å². The van der Waals surface area contributed by atoms with Crippen LogP contribution in [0.1, 0.15) is 26.3 Å². The Morgan fingerprint density at radius 3 is 2.60 bits per heavy atom. The molecule has 0 radical (unpaired) electrons. The van der Waals surface area contributed by atoms with E-state index in [2.05, 4.69) is 5.32 Å². The van der Waals surface area contributed by atoms with Crippen LogP contribution in [0.25, 0.3) is 0 Å². The summed E-state index contributed by atoms with van der Waals surface area (Å²) in [5.41, 5.74) is 0.761. The Balaban J connectivity index is 2.81. The third kappa shape index (κ3) is 4.02. The van der Waals surface area contributed by atoms with Gasteiger partial charge in [-0.25, -0.2) is 0 Å². The number of hydrogen-bond donors (Lipinski definition) is 1. The van der Waals surface area contributed by atoms with Crippen molar-refractivity contribution < 1.29 is 9.53 Å². The molecule has 0 saturated heterocycles. The summed E-state index contributed by atoms with van der Waals surface area (Å²) in [5.74, 6) is 0.819. The van der Waals surface area contributed by atoms with Crippen LogP contribution in [-0.4, -0.2) is 12.0 Å². The van der Waals surface area contributed by atoms with Gasteiger partial charge in [0.1, 0.15) is 11.4 Å². The van der Waals surface area contributed by atoms with E-state index >= 15 is 0 Å². The molecule has 0 aromatic heterocycles. The van der Waals surface area contributed by atoms with Crippen molar-refractivity contribution in [3.8, 4) is 5.75 Å². The molecule has 0 heterocycles. The summed E-state index contributed by atoms with van der Waals surface area (Å²) in [6.07, 6.45) is 0.688. The molecule has 1 amide bonds. The molecule has 3 heteroatoms. The zero-order valence-corrected chi connectivity index (χ0v) is 9.41. The number of ether oxygens (including phenoxy) is 1. The average molecular weight is 207 g/mol. The van der Waals surface area contributed by atoms with Gasteiger partial charge in [-0.05, 0) is 26.8 Å². The zero-order valence-electron chi connectivity index (χ0n) is 9.41. The van der Waals surface area contributed by atoms with Crippen LogP contribution in [0.2, 0.25) is 0 Å². The van der Waals surface area contributed by atoms with Gasteiger partial charge in [-0.3, -0.25) is 4.79 Å². The molecule has 0 spiro atoms. The van der Waals surface area contributed by atoms with E-state index in [-0.39, 0.29) is 5.60 Å². The minimum absolute atomic E-state index is 0.225. The molecular formula is C12H17NO2. The largest absolute Gasteiger partial charge is 0.488 e. The Morgan fingerprint density at radius 2 is 2.00 bits per heavy atom. The van der Waals surface area contributed by atoms with Crippen LogP contribution in [0.3, 0.4) is 0 Å². The first-order valence-electron chi connectivity index (χ1n) is 4.97. The van der Waals surface area contributed by atoms with Crippen molar-refractivity contribution in [3.05, 3.63) is 29.8 Å². The summed E-state index contributed by atoms with van der Waals surface area (Å²) in [4.78, 5) is 10.2. The van der Waals surface area contributed by atoms with Crippen LogP contribution in [0.4, 0.5) is 0 Å². The predicted octanol–water partition coefficient (Wildman–Crippen LogP) is 2.11. The van der Waals surface area contributed by atoms with Crippen LogP contribution >= 0.6 is 0 Å². The van der Waals surface area contributed by atoms with Gasteiger partial charge in [-0.1, -0.05) is 18.2 Å². The molecule has 0 atom stereocenters. The lowest BCUT2D eigenvalue weighted by Gasteiger charge is -2.23. The maximum absolute atomic E-state index is 10.2. The minimum Gasteiger partial charge on any atom is -0.488 e. The van der Waals surface area contributed by atoms with E-state index in [1.54, 1.807) is 0 Å². The molecular weight excluding hydrogens is 190 g/mol. The van der Waals surface area contributed by atoms with E-state index < -0.39 is 0 Å². The van der Waals surface area contributed by atoms with Crippen LogP contribution in [0, 0.1) is 0 Å². The summed E-state index contributed by atoms with van der Waals surface area (Å²) in [6, 6.07) is 7.70. The monoisotopic (exact) mass is 207 g/mol. The number of para-hydroxylation sites is 1. The minimum atomic E-state index is -0.225. The van der Waals surface area contributed by atoms with Crippen molar-refractivity contribution in [1.29, 1.82) is 0 Å². The van der Waals surface area contributed by atoms with Gasteiger partial charge in [-0.2, -0.15) is 0 Å². The van der Waals surface area contributed by atoms with Crippen LogP contribution in [-0.2, 0) is 11.3 Å². The van der Waals surface area contributed by atoms with Crippen LogP contribution in [0.15, 0.2) is 24.3 Å². The summed E-state index contributed by atoms with van der Waals surface area (Å²) < 4.78 is 5.77. The topological polar surface area (TPSA) is 38.3 Å². The van der Waals surface area contributed by atoms with E-state index in [1.165, 1.54) is 0 Å². The lowest BCUT2D eigenvalue weighted by atomic mass is 10.1. The number of amides is 1. The molecule has 1 aromatic rings. The maximum Gasteiger partial charge on any atom is 0.207 e. The molecule has 0 bridgehead atoms. The van der Waals surface area contributed by atoms with Crippen molar-refractivity contribution in [2.24, 2.45) is 0 Å². The van der Waals surface area contributed by atoms with Gasteiger partial charge in [0.25, 0.3) is 0 Å². The van der Waals surface area contributed by atoms with Gasteiger partial charge >= 0.3 is 0 Å². The summed E-state index contributed by atoms with van der Waals surface area (Å²) in [7, 11) is 0. The number of carbonyl (C=O) groups is 1. The first kappa shape index (κ1) is 11.6. The van der Waals surface area contributed by atoms with Crippen molar-refractivity contribution in [3.63, 3.8) is 0 Å². The highest BCUT2D eigenvalue weighted by atomic mass is 16.5. The second kappa shape index (κ2) is 4.82. The van der Waals surface area contributed by atoms with Crippen molar-refractivity contribution in [2.75, 3.05) is 0 Å². The highest BCUT2D eigenvalue weighted by Crippen LogP contribution is 2.22. The third-order valence-corrected chi connectivity index (χ3v) is 1.76. The first-order valence-corrected chi connectivity index (χ1v) is 4.97. The Bertz CT molecular complexity index is 329. The zero-order chi connectivity index (χ0) is 11.3. The standard InChI is InChI=1S/C12H17NO2/c1-12(2,3)15-11-7-5-4-6-10(11)8-13-9-14/h4-7,9H,8H2,1-3H3,(H,13,14). The van der Waals surface area contributed by atoms with E-state index in [4.69, 9.17) is 4.74 Å². The predicted molar refractivity (Wildman–Crippen MR) is 59.7 cm³/mol. The molecule has 0 saturated carbocycles. The molecule has 82 valence electrons. The van der Waals surface area contributed by atoms with E-state index in [9.17, 15) is 4.79 Å². The lowest BCUT2D eigenvalue weighted by molar-refractivity contribution is -0.109. The molecule has 1 rings (SSSR count). The number of hydrogen-bond acceptors (Lipinski definition) is 2. The van der Waals surface area contributed by atoms with Gasteiger partial charge in [0.15, 0.2) is 0 Å². The summed E-state index contributed by atoms with van der Waals surface area (Å²) >= 11 is 0. The van der Waals surface area contributed by atoms with Gasteiger partial charge in [-0.15, -0.1) is 0 Å². The molecule has 15 heavy (non-hydrogen) atoms. The quantitative estimate of drug-likeness (QED) is 0.768. The number of carbonyl (C=O) groups excluding carboxylic acids is 1. The molecule has 0 aliphatic heterocycles. The summed E-state index contributed by atoms with van der Waals surface area (Å²) in [5, 5.41) is 2.63. The fourth-order valence-electron chi connectivity index (χ4n) is 1.23. The Kier molecular flexibility index (Phi) is 3.72. The lowest BCUT2D eigenvalue weighted by Crippen LogP contribution is -2.24. The first-order chi connectivity index (χ1) is 7.03.